The predicted octanol–water partition coefficient (Wildman–Crippen LogP) is 1.59. The highest BCUT2D eigenvalue weighted by Gasteiger charge is 2.15. The average Bonchev–Trinajstić information content (AvgIpc) is 2.74. The molecule has 0 amide bonds. The lowest BCUT2D eigenvalue weighted by Gasteiger charge is -2.12. The summed E-state index contributed by atoms with van der Waals surface area (Å²) in [5.74, 6) is -0.196. The number of nitrogens with two attached hydrogens (primary N) is 1. The van der Waals surface area contributed by atoms with Gasteiger partial charge in [-0.3, -0.25) is 0 Å². The molecule has 1 aliphatic heterocycles. The molecule has 0 aliphatic carbocycles. The standard InChI is InChI=1S/C12H17FN2O/c1-8-4-11(13)9(5-12(8)14)6-15-10-2-3-16-7-10/h4-5,10,15H,2-3,6-7,14H2,1H3. The highest BCUT2D eigenvalue weighted by Crippen LogP contribution is 2.17. The topological polar surface area (TPSA) is 47.3 Å². The Morgan fingerprint density at radius 1 is 1.56 bits per heavy atom. The Hall–Kier alpha value is -1.13. The van der Waals surface area contributed by atoms with E-state index >= 15 is 0 Å². The van der Waals surface area contributed by atoms with Crippen LogP contribution in [0, 0.1) is 12.7 Å². The minimum atomic E-state index is -0.196. The summed E-state index contributed by atoms with van der Waals surface area (Å²) in [6.07, 6.45) is 0.989. The summed E-state index contributed by atoms with van der Waals surface area (Å²) in [6, 6.07) is 3.52. The van der Waals surface area contributed by atoms with E-state index in [2.05, 4.69) is 5.32 Å². The fourth-order valence-electron chi connectivity index (χ4n) is 1.82. The largest absolute Gasteiger partial charge is 0.399 e. The zero-order valence-corrected chi connectivity index (χ0v) is 9.42. The number of halogens is 1. The predicted molar refractivity (Wildman–Crippen MR) is 61.6 cm³/mol. The van der Waals surface area contributed by atoms with Crippen molar-refractivity contribution in [2.75, 3.05) is 18.9 Å². The van der Waals surface area contributed by atoms with Gasteiger partial charge < -0.3 is 15.8 Å². The number of benzene rings is 1. The van der Waals surface area contributed by atoms with Gasteiger partial charge in [0, 0.05) is 30.4 Å². The van der Waals surface area contributed by atoms with E-state index in [0.29, 0.717) is 30.4 Å². The first-order chi connectivity index (χ1) is 7.66. The van der Waals surface area contributed by atoms with Crippen molar-refractivity contribution >= 4 is 5.69 Å². The van der Waals surface area contributed by atoms with Gasteiger partial charge in [-0.1, -0.05) is 0 Å². The number of ether oxygens (including phenoxy) is 1. The maximum Gasteiger partial charge on any atom is 0.128 e. The molecule has 1 aromatic rings. The summed E-state index contributed by atoms with van der Waals surface area (Å²) in [5.41, 5.74) is 7.80. The van der Waals surface area contributed by atoms with Crippen LogP contribution >= 0.6 is 0 Å². The number of anilines is 1. The SMILES string of the molecule is Cc1cc(F)c(CNC2CCOC2)cc1N. The fourth-order valence-corrected chi connectivity index (χ4v) is 1.82. The van der Waals surface area contributed by atoms with E-state index < -0.39 is 0 Å². The maximum absolute atomic E-state index is 13.6. The van der Waals surface area contributed by atoms with Crippen molar-refractivity contribution < 1.29 is 9.13 Å². The summed E-state index contributed by atoms with van der Waals surface area (Å²) in [6.45, 7) is 3.81. The van der Waals surface area contributed by atoms with Gasteiger partial charge in [0.05, 0.1) is 6.61 Å². The molecule has 1 heterocycles. The molecule has 0 bridgehead atoms. The number of rotatable bonds is 3. The minimum absolute atomic E-state index is 0.196. The smallest absolute Gasteiger partial charge is 0.128 e. The number of hydrogen-bond donors (Lipinski definition) is 2. The Bertz CT molecular complexity index is 376. The first-order valence-corrected chi connectivity index (χ1v) is 5.52. The normalized spacial score (nSPS) is 20.2. The molecule has 0 aromatic heterocycles. The van der Waals surface area contributed by atoms with Crippen LogP contribution in [0.4, 0.5) is 10.1 Å². The molecule has 1 fully saturated rings. The molecule has 3 nitrogen and oxygen atoms in total. The molecule has 1 aromatic carbocycles. The summed E-state index contributed by atoms with van der Waals surface area (Å²) < 4.78 is 18.8. The van der Waals surface area contributed by atoms with Crippen molar-refractivity contribution in [1.29, 1.82) is 0 Å². The van der Waals surface area contributed by atoms with Crippen molar-refractivity contribution in [3.05, 3.63) is 29.1 Å². The van der Waals surface area contributed by atoms with Crippen LogP contribution in [0.3, 0.4) is 0 Å². The van der Waals surface area contributed by atoms with E-state index in [-0.39, 0.29) is 5.82 Å². The van der Waals surface area contributed by atoms with Gasteiger partial charge in [-0.25, -0.2) is 4.39 Å². The van der Waals surface area contributed by atoms with E-state index in [1.165, 1.54) is 6.07 Å². The lowest BCUT2D eigenvalue weighted by atomic mass is 10.1. The summed E-state index contributed by atoms with van der Waals surface area (Å²) in [5, 5.41) is 3.26. The molecular weight excluding hydrogens is 207 g/mol. The Morgan fingerprint density at radius 3 is 3.06 bits per heavy atom. The van der Waals surface area contributed by atoms with Gasteiger partial charge in [0.15, 0.2) is 0 Å². The molecule has 0 spiro atoms. The molecule has 16 heavy (non-hydrogen) atoms. The zero-order chi connectivity index (χ0) is 11.5. The van der Waals surface area contributed by atoms with Crippen LogP contribution in [-0.2, 0) is 11.3 Å². The minimum Gasteiger partial charge on any atom is -0.399 e. The van der Waals surface area contributed by atoms with Gasteiger partial charge in [-0.15, -0.1) is 0 Å². The lowest BCUT2D eigenvalue weighted by Crippen LogP contribution is -2.29. The second-order valence-electron chi connectivity index (χ2n) is 4.24. The molecule has 1 aliphatic rings. The van der Waals surface area contributed by atoms with Crippen LogP contribution in [0.1, 0.15) is 17.5 Å². The van der Waals surface area contributed by atoms with Crippen LogP contribution in [0.5, 0.6) is 0 Å². The molecule has 1 saturated heterocycles. The van der Waals surface area contributed by atoms with Crippen LogP contribution in [0.15, 0.2) is 12.1 Å². The first kappa shape index (κ1) is 11.4. The first-order valence-electron chi connectivity index (χ1n) is 5.52. The van der Waals surface area contributed by atoms with E-state index in [1.807, 2.05) is 0 Å². The van der Waals surface area contributed by atoms with Gasteiger partial charge in [-0.05, 0) is 31.0 Å². The Labute approximate surface area is 94.8 Å². The second-order valence-corrected chi connectivity index (χ2v) is 4.24. The molecule has 88 valence electrons. The third-order valence-electron chi connectivity index (χ3n) is 2.95. The highest BCUT2D eigenvalue weighted by molar-refractivity contribution is 5.48. The van der Waals surface area contributed by atoms with Crippen molar-refractivity contribution in [3.63, 3.8) is 0 Å². The number of hydrogen-bond acceptors (Lipinski definition) is 3. The lowest BCUT2D eigenvalue weighted by molar-refractivity contribution is 0.189. The molecule has 0 radical (unpaired) electrons. The zero-order valence-electron chi connectivity index (χ0n) is 9.42. The van der Waals surface area contributed by atoms with E-state index in [4.69, 9.17) is 10.5 Å². The molecule has 4 heteroatoms. The van der Waals surface area contributed by atoms with Gasteiger partial charge in [0.2, 0.25) is 0 Å². The average molecular weight is 224 g/mol. The number of nitrogens with one attached hydrogen (secondary N) is 1. The monoisotopic (exact) mass is 224 g/mol. The van der Waals surface area contributed by atoms with Gasteiger partial charge >= 0.3 is 0 Å². The van der Waals surface area contributed by atoms with E-state index in [9.17, 15) is 4.39 Å². The number of aryl methyl sites for hydroxylation is 1. The quantitative estimate of drug-likeness (QED) is 0.767. The highest BCUT2D eigenvalue weighted by atomic mass is 19.1. The van der Waals surface area contributed by atoms with Gasteiger partial charge in [0.1, 0.15) is 5.82 Å². The maximum atomic E-state index is 13.6. The van der Waals surface area contributed by atoms with Crippen molar-refractivity contribution in [2.45, 2.75) is 25.9 Å². The summed E-state index contributed by atoms with van der Waals surface area (Å²) in [4.78, 5) is 0. The molecule has 3 N–H and O–H groups in total. The third-order valence-corrected chi connectivity index (χ3v) is 2.95. The van der Waals surface area contributed by atoms with Gasteiger partial charge in [0.25, 0.3) is 0 Å². The van der Waals surface area contributed by atoms with E-state index in [0.717, 1.165) is 18.6 Å². The molecule has 2 rings (SSSR count). The summed E-state index contributed by atoms with van der Waals surface area (Å²) >= 11 is 0. The second kappa shape index (κ2) is 4.80. The fraction of sp³-hybridized carbons (Fsp3) is 0.500. The van der Waals surface area contributed by atoms with Crippen molar-refractivity contribution in [1.82, 2.24) is 5.32 Å². The molecular formula is C12H17FN2O. The Balaban J connectivity index is 2.00. The van der Waals surface area contributed by atoms with Crippen molar-refractivity contribution in [2.24, 2.45) is 0 Å². The van der Waals surface area contributed by atoms with Crippen molar-refractivity contribution in [3.8, 4) is 0 Å². The van der Waals surface area contributed by atoms with Crippen LogP contribution < -0.4 is 11.1 Å². The summed E-state index contributed by atoms with van der Waals surface area (Å²) in [7, 11) is 0. The molecule has 1 atom stereocenters. The van der Waals surface area contributed by atoms with Crippen LogP contribution in [0.25, 0.3) is 0 Å². The molecule has 1 unspecified atom stereocenters. The molecule has 0 saturated carbocycles. The van der Waals surface area contributed by atoms with Crippen LogP contribution in [0.2, 0.25) is 0 Å². The van der Waals surface area contributed by atoms with Gasteiger partial charge in [-0.2, -0.15) is 0 Å². The number of nitrogen functional groups attached to an aromatic ring is 1. The van der Waals surface area contributed by atoms with Crippen LogP contribution in [-0.4, -0.2) is 19.3 Å². The van der Waals surface area contributed by atoms with E-state index in [1.54, 1.807) is 13.0 Å². The third kappa shape index (κ3) is 2.51. The Morgan fingerprint density at radius 2 is 2.38 bits per heavy atom. The Kier molecular flexibility index (Phi) is 3.41.